The van der Waals surface area contributed by atoms with Crippen molar-refractivity contribution in [3.63, 3.8) is 0 Å². The highest BCUT2D eigenvalue weighted by Crippen LogP contribution is 2.36. The number of aromatic carboxylic acids is 1. The van der Waals surface area contributed by atoms with Crippen LogP contribution in [0.3, 0.4) is 0 Å². The molecule has 1 N–H and O–H groups in total. The van der Waals surface area contributed by atoms with Crippen LogP contribution in [0.1, 0.15) is 10.4 Å². The standard InChI is InChI=1S/C15H9NO5/c17-15(18)9-2-1-3-10-13(9)21-14(16-10)8-4-5-11-12(6-8)20-7-19-11/h1-6H,7H2,(H,17,18). The van der Waals surface area contributed by atoms with Crippen LogP contribution in [0.2, 0.25) is 0 Å². The molecule has 0 saturated carbocycles. The minimum Gasteiger partial charge on any atom is -0.478 e. The predicted molar refractivity (Wildman–Crippen MR) is 72.5 cm³/mol. The largest absolute Gasteiger partial charge is 0.478 e. The number of hydrogen-bond acceptors (Lipinski definition) is 5. The number of benzene rings is 2. The molecule has 6 nitrogen and oxygen atoms in total. The average molecular weight is 283 g/mol. The lowest BCUT2D eigenvalue weighted by Crippen LogP contribution is -1.95. The molecule has 0 saturated heterocycles. The summed E-state index contributed by atoms with van der Waals surface area (Å²) in [5.74, 6) is 0.584. The Morgan fingerprint density at radius 1 is 1.14 bits per heavy atom. The van der Waals surface area contributed by atoms with E-state index in [0.717, 1.165) is 0 Å². The molecule has 1 aliphatic heterocycles. The van der Waals surface area contributed by atoms with E-state index in [1.54, 1.807) is 30.3 Å². The van der Waals surface area contributed by atoms with Crippen LogP contribution in [-0.4, -0.2) is 22.9 Å². The number of ether oxygens (including phenoxy) is 2. The fourth-order valence-corrected chi connectivity index (χ4v) is 2.27. The molecule has 1 aromatic heterocycles. The highest BCUT2D eigenvalue weighted by molar-refractivity contribution is 6.00. The highest BCUT2D eigenvalue weighted by Gasteiger charge is 2.18. The second-order valence-corrected chi connectivity index (χ2v) is 4.55. The van der Waals surface area contributed by atoms with Gasteiger partial charge in [-0.2, -0.15) is 0 Å². The van der Waals surface area contributed by atoms with E-state index in [9.17, 15) is 4.79 Å². The second kappa shape index (κ2) is 4.24. The molecule has 104 valence electrons. The molecule has 0 bridgehead atoms. The summed E-state index contributed by atoms with van der Waals surface area (Å²) in [5, 5.41) is 9.17. The molecule has 0 spiro atoms. The number of rotatable bonds is 2. The summed E-state index contributed by atoms with van der Waals surface area (Å²) in [5.41, 5.74) is 1.55. The quantitative estimate of drug-likeness (QED) is 0.778. The van der Waals surface area contributed by atoms with Gasteiger partial charge >= 0.3 is 5.97 Å². The van der Waals surface area contributed by atoms with Crippen molar-refractivity contribution in [3.8, 4) is 23.0 Å². The molecule has 0 unspecified atom stereocenters. The third kappa shape index (κ3) is 1.80. The Labute approximate surface area is 118 Å². The van der Waals surface area contributed by atoms with E-state index in [-0.39, 0.29) is 17.9 Å². The second-order valence-electron chi connectivity index (χ2n) is 4.55. The van der Waals surface area contributed by atoms with Crippen LogP contribution in [-0.2, 0) is 0 Å². The van der Waals surface area contributed by atoms with E-state index in [4.69, 9.17) is 19.0 Å². The van der Waals surface area contributed by atoms with Gasteiger partial charge < -0.3 is 19.0 Å². The van der Waals surface area contributed by atoms with Gasteiger partial charge in [0.15, 0.2) is 17.1 Å². The van der Waals surface area contributed by atoms with E-state index in [1.807, 2.05) is 0 Å². The number of carbonyl (C=O) groups is 1. The van der Waals surface area contributed by atoms with Crippen molar-refractivity contribution in [1.82, 2.24) is 4.98 Å². The van der Waals surface area contributed by atoms with Crippen molar-refractivity contribution >= 4 is 17.1 Å². The van der Waals surface area contributed by atoms with Crippen molar-refractivity contribution < 1.29 is 23.8 Å². The zero-order valence-corrected chi connectivity index (χ0v) is 10.7. The van der Waals surface area contributed by atoms with Crippen molar-refractivity contribution in [3.05, 3.63) is 42.0 Å². The first kappa shape index (κ1) is 11.8. The number of carboxylic acids is 1. The number of fused-ring (bicyclic) bond motifs is 2. The van der Waals surface area contributed by atoms with Gasteiger partial charge in [-0.25, -0.2) is 9.78 Å². The Balaban J connectivity index is 1.87. The van der Waals surface area contributed by atoms with Crippen LogP contribution in [0, 0.1) is 0 Å². The summed E-state index contributed by atoms with van der Waals surface area (Å²) in [6.45, 7) is 0.190. The van der Waals surface area contributed by atoms with Crippen molar-refractivity contribution in [2.45, 2.75) is 0 Å². The van der Waals surface area contributed by atoms with Crippen LogP contribution in [0.4, 0.5) is 0 Å². The minimum atomic E-state index is -1.05. The Bertz CT molecular complexity index is 868. The summed E-state index contributed by atoms with van der Waals surface area (Å²) in [6, 6.07) is 10.1. The summed E-state index contributed by atoms with van der Waals surface area (Å²) in [7, 11) is 0. The van der Waals surface area contributed by atoms with Gasteiger partial charge in [0, 0.05) is 5.56 Å². The number of nitrogens with zero attached hydrogens (tertiary/aromatic N) is 1. The lowest BCUT2D eigenvalue weighted by Gasteiger charge is -1.98. The average Bonchev–Trinajstić information content (AvgIpc) is 3.11. The van der Waals surface area contributed by atoms with Crippen LogP contribution >= 0.6 is 0 Å². The van der Waals surface area contributed by atoms with Crippen molar-refractivity contribution in [2.75, 3.05) is 6.79 Å². The van der Waals surface area contributed by atoms with Gasteiger partial charge in [-0.3, -0.25) is 0 Å². The normalized spacial score (nSPS) is 12.8. The Morgan fingerprint density at radius 2 is 2.00 bits per heavy atom. The van der Waals surface area contributed by atoms with Crippen molar-refractivity contribution in [1.29, 1.82) is 0 Å². The summed E-state index contributed by atoms with van der Waals surface area (Å²) < 4.78 is 16.2. The number of para-hydroxylation sites is 1. The molecule has 2 aromatic carbocycles. The lowest BCUT2D eigenvalue weighted by molar-refractivity contribution is 0.0698. The summed E-state index contributed by atoms with van der Waals surface area (Å²) in [6.07, 6.45) is 0. The number of hydrogen-bond donors (Lipinski definition) is 1. The fraction of sp³-hybridized carbons (Fsp3) is 0.0667. The van der Waals surface area contributed by atoms with Gasteiger partial charge in [0.05, 0.1) is 0 Å². The molecule has 0 atom stereocenters. The van der Waals surface area contributed by atoms with Gasteiger partial charge in [0.25, 0.3) is 0 Å². The monoisotopic (exact) mass is 283 g/mol. The zero-order chi connectivity index (χ0) is 14.4. The molecule has 0 aliphatic carbocycles. The molecule has 1 aliphatic rings. The first-order chi connectivity index (χ1) is 10.2. The molecular weight excluding hydrogens is 274 g/mol. The van der Waals surface area contributed by atoms with Gasteiger partial charge in [-0.05, 0) is 30.3 Å². The van der Waals surface area contributed by atoms with Crippen LogP contribution in [0.15, 0.2) is 40.8 Å². The Morgan fingerprint density at radius 3 is 2.86 bits per heavy atom. The Kier molecular flexibility index (Phi) is 2.38. The van der Waals surface area contributed by atoms with Gasteiger partial charge in [0.1, 0.15) is 11.1 Å². The molecule has 21 heavy (non-hydrogen) atoms. The first-order valence-corrected chi connectivity index (χ1v) is 6.25. The molecule has 4 rings (SSSR count). The molecule has 3 aromatic rings. The number of aromatic nitrogens is 1. The molecule has 6 heteroatoms. The highest BCUT2D eigenvalue weighted by atomic mass is 16.7. The molecule has 0 fully saturated rings. The lowest BCUT2D eigenvalue weighted by atomic mass is 10.2. The topological polar surface area (TPSA) is 81.8 Å². The number of carboxylic acid groups (broad SMARTS) is 1. The van der Waals surface area contributed by atoms with E-state index in [0.29, 0.717) is 28.5 Å². The van der Waals surface area contributed by atoms with Gasteiger partial charge in [0.2, 0.25) is 12.7 Å². The van der Waals surface area contributed by atoms with Crippen molar-refractivity contribution in [2.24, 2.45) is 0 Å². The predicted octanol–water partition coefficient (Wildman–Crippen LogP) is 2.92. The minimum absolute atomic E-state index is 0.0898. The third-order valence-corrected chi connectivity index (χ3v) is 3.26. The van der Waals surface area contributed by atoms with E-state index in [1.165, 1.54) is 6.07 Å². The Hall–Kier alpha value is -3.02. The van der Waals surface area contributed by atoms with Crippen LogP contribution in [0.25, 0.3) is 22.6 Å². The smallest absolute Gasteiger partial charge is 0.339 e. The molecular formula is C15H9NO5. The zero-order valence-electron chi connectivity index (χ0n) is 10.7. The molecule has 0 amide bonds. The van der Waals surface area contributed by atoms with Crippen LogP contribution < -0.4 is 9.47 Å². The van der Waals surface area contributed by atoms with Crippen LogP contribution in [0.5, 0.6) is 11.5 Å². The first-order valence-electron chi connectivity index (χ1n) is 6.25. The summed E-state index contributed by atoms with van der Waals surface area (Å²) >= 11 is 0. The maximum atomic E-state index is 11.2. The fourth-order valence-electron chi connectivity index (χ4n) is 2.27. The molecule has 0 radical (unpaired) electrons. The number of oxazole rings is 1. The van der Waals surface area contributed by atoms with E-state index < -0.39 is 5.97 Å². The maximum absolute atomic E-state index is 11.2. The van der Waals surface area contributed by atoms with E-state index >= 15 is 0 Å². The maximum Gasteiger partial charge on any atom is 0.339 e. The molecule has 2 heterocycles. The SMILES string of the molecule is O=C(O)c1cccc2nc(-c3ccc4c(c3)OCO4)oc12. The van der Waals surface area contributed by atoms with Gasteiger partial charge in [-0.15, -0.1) is 0 Å². The van der Waals surface area contributed by atoms with E-state index in [2.05, 4.69) is 4.98 Å². The van der Waals surface area contributed by atoms with Gasteiger partial charge in [-0.1, -0.05) is 6.07 Å². The summed E-state index contributed by atoms with van der Waals surface area (Å²) in [4.78, 5) is 15.5. The third-order valence-electron chi connectivity index (χ3n) is 3.26.